The second-order valence-electron chi connectivity index (χ2n) is 6.80. The molecule has 1 aromatic rings. The second-order valence-corrected chi connectivity index (χ2v) is 7.64. The topological polar surface area (TPSA) is 28.2 Å². The lowest BCUT2D eigenvalue weighted by atomic mass is 9.75. The Hall–Kier alpha value is -0.610. The number of hydrogen-bond acceptors (Lipinski definition) is 4. The summed E-state index contributed by atoms with van der Waals surface area (Å²) >= 11 is 1.78. The van der Waals surface area contributed by atoms with Crippen LogP contribution in [0.2, 0.25) is 0 Å². The Morgan fingerprint density at radius 1 is 1.40 bits per heavy atom. The Morgan fingerprint density at radius 3 is 2.75 bits per heavy atom. The molecule has 0 atom stereocenters. The van der Waals surface area contributed by atoms with Crippen LogP contribution in [0, 0.1) is 5.41 Å². The summed E-state index contributed by atoms with van der Waals surface area (Å²) in [6.07, 6.45) is 6.43. The molecule has 0 spiro atoms. The van der Waals surface area contributed by atoms with Crippen LogP contribution in [0.4, 0.5) is 5.13 Å². The van der Waals surface area contributed by atoms with E-state index in [1.165, 1.54) is 42.9 Å². The van der Waals surface area contributed by atoms with Crippen LogP contribution in [0.15, 0.2) is 5.38 Å². The zero-order valence-corrected chi connectivity index (χ0v) is 14.2. The highest BCUT2D eigenvalue weighted by Crippen LogP contribution is 2.38. The molecule has 1 saturated carbocycles. The molecule has 1 aliphatic carbocycles. The lowest BCUT2D eigenvalue weighted by Crippen LogP contribution is -2.37. The third-order valence-electron chi connectivity index (χ3n) is 4.43. The molecule has 1 heterocycles. The molecule has 0 unspecified atom stereocenters. The van der Waals surface area contributed by atoms with E-state index in [9.17, 15) is 0 Å². The summed E-state index contributed by atoms with van der Waals surface area (Å²) in [5.41, 5.74) is 1.72. The first kappa shape index (κ1) is 15.8. The summed E-state index contributed by atoms with van der Waals surface area (Å²) in [4.78, 5) is 7.18. The second kappa shape index (κ2) is 6.90. The van der Waals surface area contributed by atoms with Gasteiger partial charge in [-0.1, -0.05) is 20.8 Å². The van der Waals surface area contributed by atoms with Gasteiger partial charge in [0.2, 0.25) is 0 Å². The number of hydrogen-bond donors (Lipinski definition) is 1. The van der Waals surface area contributed by atoms with Crippen LogP contribution in [0.5, 0.6) is 0 Å². The third kappa shape index (κ3) is 4.19. The first-order valence-corrected chi connectivity index (χ1v) is 8.78. The Labute approximate surface area is 127 Å². The van der Waals surface area contributed by atoms with Gasteiger partial charge in [-0.2, -0.15) is 0 Å². The number of aromatic nitrogens is 1. The molecule has 0 saturated heterocycles. The Morgan fingerprint density at radius 2 is 2.10 bits per heavy atom. The summed E-state index contributed by atoms with van der Waals surface area (Å²) in [5.74, 6) is 0. The standard InChI is InChI=1S/C16H29N3S/c1-5-10-17-11-13-12-20-15(18-13)19(4)14-6-8-16(2,3)9-7-14/h12,14,17H,5-11H2,1-4H3. The highest BCUT2D eigenvalue weighted by Gasteiger charge is 2.29. The Kier molecular flexibility index (Phi) is 5.44. The highest BCUT2D eigenvalue weighted by molar-refractivity contribution is 7.13. The zero-order valence-electron chi connectivity index (χ0n) is 13.4. The smallest absolute Gasteiger partial charge is 0.185 e. The average molecular weight is 295 g/mol. The summed E-state index contributed by atoms with van der Waals surface area (Å²) in [6.45, 7) is 8.95. The molecule has 4 heteroatoms. The molecular weight excluding hydrogens is 266 g/mol. The maximum atomic E-state index is 4.78. The van der Waals surface area contributed by atoms with E-state index in [1.54, 1.807) is 11.3 Å². The molecule has 3 nitrogen and oxygen atoms in total. The van der Waals surface area contributed by atoms with Crippen molar-refractivity contribution in [1.82, 2.24) is 10.3 Å². The molecule has 1 fully saturated rings. The van der Waals surface area contributed by atoms with Crippen molar-refractivity contribution < 1.29 is 0 Å². The Bertz CT molecular complexity index is 404. The van der Waals surface area contributed by atoms with E-state index >= 15 is 0 Å². The molecular formula is C16H29N3S. The third-order valence-corrected chi connectivity index (χ3v) is 5.41. The monoisotopic (exact) mass is 295 g/mol. The minimum absolute atomic E-state index is 0.537. The van der Waals surface area contributed by atoms with Gasteiger partial charge in [-0.3, -0.25) is 0 Å². The molecule has 0 radical (unpaired) electrons. The van der Waals surface area contributed by atoms with Crippen LogP contribution in [-0.4, -0.2) is 24.6 Å². The number of nitrogens with one attached hydrogen (secondary N) is 1. The number of nitrogens with zero attached hydrogens (tertiary/aromatic N) is 2. The lowest BCUT2D eigenvalue weighted by Gasteiger charge is -2.38. The maximum Gasteiger partial charge on any atom is 0.185 e. The minimum atomic E-state index is 0.537. The Balaban J connectivity index is 1.88. The minimum Gasteiger partial charge on any atom is -0.348 e. The van der Waals surface area contributed by atoms with Gasteiger partial charge in [-0.15, -0.1) is 11.3 Å². The number of thiazole rings is 1. The maximum absolute atomic E-state index is 4.78. The SMILES string of the molecule is CCCNCc1csc(N(C)C2CCC(C)(C)CC2)n1. The lowest BCUT2D eigenvalue weighted by molar-refractivity contribution is 0.222. The van der Waals surface area contributed by atoms with Gasteiger partial charge in [0.25, 0.3) is 0 Å². The molecule has 0 aromatic carbocycles. The summed E-state index contributed by atoms with van der Waals surface area (Å²) in [6, 6.07) is 0.672. The van der Waals surface area contributed by atoms with Crippen LogP contribution in [0.1, 0.15) is 58.6 Å². The van der Waals surface area contributed by atoms with Crippen molar-refractivity contribution >= 4 is 16.5 Å². The number of anilines is 1. The fourth-order valence-electron chi connectivity index (χ4n) is 2.86. The van der Waals surface area contributed by atoms with Crippen LogP contribution in [0.3, 0.4) is 0 Å². The molecule has 1 N–H and O–H groups in total. The largest absolute Gasteiger partial charge is 0.348 e. The van der Waals surface area contributed by atoms with Gasteiger partial charge in [-0.25, -0.2) is 4.98 Å². The van der Waals surface area contributed by atoms with Gasteiger partial charge < -0.3 is 10.2 Å². The normalized spacial score (nSPS) is 19.2. The van der Waals surface area contributed by atoms with Gasteiger partial charge in [0.05, 0.1) is 5.69 Å². The number of rotatable bonds is 6. The molecule has 2 rings (SSSR count). The predicted octanol–water partition coefficient (Wildman–Crippen LogP) is 4.05. The van der Waals surface area contributed by atoms with Crippen LogP contribution in [0.25, 0.3) is 0 Å². The van der Waals surface area contributed by atoms with Crippen LogP contribution >= 0.6 is 11.3 Å². The van der Waals surface area contributed by atoms with E-state index in [4.69, 9.17) is 4.98 Å². The molecule has 0 aliphatic heterocycles. The first-order valence-electron chi connectivity index (χ1n) is 7.90. The van der Waals surface area contributed by atoms with Crippen LogP contribution in [-0.2, 0) is 6.54 Å². The molecule has 1 aromatic heterocycles. The van der Waals surface area contributed by atoms with Gasteiger partial charge >= 0.3 is 0 Å². The van der Waals surface area contributed by atoms with E-state index < -0.39 is 0 Å². The van der Waals surface area contributed by atoms with Crippen molar-refractivity contribution in [2.45, 2.75) is 65.5 Å². The molecule has 1 aliphatic rings. The van der Waals surface area contributed by atoms with Crippen molar-refractivity contribution in [2.75, 3.05) is 18.5 Å². The van der Waals surface area contributed by atoms with Gasteiger partial charge in [0.1, 0.15) is 0 Å². The van der Waals surface area contributed by atoms with Crippen molar-refractivity contribution in [2.24, 2.45) is 5.41 Å². The van der Waals surface area contributed by atoms with Gasteiger partial charge in [0, 0.05) is 25.0 Å². The fraction of sp³-hybridized carbons (Fsp3) is 0.812. The van der Waals surface area contributed by atoms with E-state index in [-0.39, 0.29) is 0 Å². The molecule has 114 valence electrons. The summed E-state index contributed by atoms with van der Waals surface area (Å²) in [7, 11) is 2.21. The summed E-state index contributed by atoms with van der Waals surface area (Å²) < 4.78 is 0. The van der Waals surface area contributed by atoms with E-state index in [0.29, 0.717) is 11.5 Å². The van der Waals surface area contributed by atoms with E-state index in [1.807, 2.05) is 0 Å². The van der Waals surface area contributed by atoms with Crippen molar-refractivity contribution in [3.05, 3.63) is 11.1 Å². The van der Waals surface area contributed by atoms with Gasteiger partial charge in [-0.05, 0) is 44.1 Å². The molecule has 0 bridgehead atoms. The van der Waals surface area contributed by atoms with Gasteiger partial charge in [0.15, 0.2) is 5.13 Å². The van der Waals surface area contributed by atoms with E-state index in [2.05, 4.69) is 43.4 Å². The highest BCUT2D eigenvalue weighted by atomic mass is 32.1. The summed E-state index contributed by atoms with van der Waals surface area (Å²) in [5, 5.41) is 6.80. The average Bonchev–Trinajstić information content (AvgIpc) is 2.87. The predicted molar refractivity (Wildman–Crippen MR) is 88.6 cm³/mol. The van der Waals surface area contributed by atoms with Crippen molar-refractivity contribution in [3.63, 3.8) is 0 Å². The quantitative estimate of drug-likeness (QED) is 0.803. The van der Waals surface area contributed by atoms with Crippen LogP contribution < -0.4 is 10.2 Å². The first-order chi connectivity index (χ1) is 9.52. The van der Waals surface area contributed by atoms with Crippen molar-refractivity contribution in [3.8, 4) is 0 Å². The van der Waals surface area contributed by atoms with E-state index in [0.717, 1.165) is 13.1 Å². The molecule has 0 amide bonds. The zero-order chi connectivity index (χ0) is 14.6. The van der Waals surface area contributed by atoms with Crippen molar-refractivity contribution in [1.29, 1.82) is 0 Å². The fourth-order valence-corrected chi connectivity index (χ4v) is 3.72. The molecule has 20 heavy (non-hydrogen) atoms.